The zero-order chi connectivity index (χ0) is 19.6. The predicted molar refractivity (Wildman–Crippen MR) is 119 cm³/mol. The molecule has 0 amide bonds. The van der Waals surface area contributed by atoms with E-state index in [1.807, 2.05) is 91.0 Å². The Morgan fingerprint density at radius 3 is 2.48 bits per heavy atom. The maximum absolute atomic E-state index is 11.0. The summed E-state index contributed by atoms with van der Waals surface area (Å²) < 4.78 is 1.78. The highest BCUT2D eigenvalue weighted by atomic mass is 32.1. The molecule has 0 unspecified atom stereocenters. The maximum Gasteiger partial charge on any atom is 0.215 e. The van der Waals surface area contributed by atoms with E-state index in [0.717, 1.165) is 32.4 Å². The molecule has 4 nitrogen and oxygen atoms in total. The molecule has 0 saturated heterocycles. The van der Waals surface area contributed by atoms with Crippen molar-refractivity contribution in [2.75, 3.05) is 0 Å². The fourth-order valence-electron chi connectivity index (χ4n) is 3.23. The molecular weight excluding hydrogens is 378 g/mol. The summed E-state index contributed by atoms with van der Waals surface area (Å²) in [6.45, 7) is 0. The molecule has 4 aromatic rings. The van der Waals surface area contributed by atoms with Crippen molar-refractivity contribution in [3.63, 3.8) is 0 Å². The first-order valence-corrected chi connectivity index (χ1v) is 10.1. The SMILES string of the molecule is Oc1c(C=c2ccc3c(c2)N=CC=3)sc(=Nc2ccccc2)n1-c1ccccc1. The minimum atomic E-state index is 0.173. The Morgan fingerprint density at radius 2 is 1.69 bits per heavy atom. The van der Waals surface area contributed by atoms with E-state index >= 15 is 0 Å². The van der Waals surface area contributed by atoms with Gasteiger partial charge in [0.1, 0.15) is 0 Å². The van der Waals surface area contributed by atoms with Gasteiger partial charge in [0.2, 0.25) is 5.88 Å². The van der Waals surface area contributed by atoms with Gasteiger partial charge in [-0.25, -0.2) is 4.99 Å². The van der Waals surface area contributed by atoms with Gasteiger partial charge in [-0.3, -0.25) is 9.56 Å². The monoisotopic (exact) mass is 395 g/mol. The van der Waals surface area contributed by atoms with Gasteiger partial charge in [0.25, 0.3) is 0 Å². The zero-order valence-electron chi connectivity index (χ0n) is 15.4. The minimum Gasteiger partial charge on any atom is -0.493 e. The predicted octanol–water partition coefficient (Wildman–Crippen LogP) is 3.80. The summed E-state index contributed by atoms with van der Waals surface area (Å²) in [5, 5.41) is 13.1. The van der Waals surface area contributed by atoms with Crippen LogP contribution in [0.1, 0.15) is 4.88 Å². The van der Waals surface area contributed by atoms with Crippen LogP contribution in [0.25, 0.3) is 17.8 Å². The number of nitrogens with zero attached hydrogens (tertiary/aromatic N) is 3. The van der Waals surface area contributed by atoms with Crippen LogP contribution in [0.5, 0.6) is 5.88 Å². The highest BCUT2D eigenvalue weighted by molar-refractivity contribution is 7.10. The summed E-state index contributed by atoms with van der Waals surface area (Å²) in [6, 6.07) is 25.6. The zero-order valence-corrected chi connectivity index (χ0v) is 16.3. The molecule has 0 aliphatic carbocycles. The van der Waals surface area contributed by atoms with Gasteiger partial charge < -0.3 is 5.11 Å². The van der Waals surface area contributed by atoms with E-state index in [0.29, 0.717) is 4.80 Å². The Balaban J connectivity index is 1.72. The molecule has 5 rings (SSSR count). The van der Waals surface area contributed by atoms with Crippen molar-refractivity contribution < 1.29 is 5.11 Å². The molecule has 2 heterocycles. The first-order valence-electron chi connectivity index (χ1n) is 9.24. The van der Waals surface area contributed by atoms with Gasteiger partial charge in [-0.1, -0.05) is 59.9 Å². The quantitative estimate of drug-likeness (QED) is 0.564. The van der Waals surface area contributed by atoms with Gasteiger partial charge in [-0.15, -0.1) is 0 Å². The maximum atomic E-state index is 11.0. The lowest BCUT2D eigenvalue weighted by atomic mass is 10.2. The summed E-state index contributed by atoms with van der Waals surface area (Å²) in [7, 11) is 0. The van der Waals surface area contributed by atoms with Gasteiger partial charge in [0, 0.05) is 11.4 Å². The van der Waals surface area contributed by atoms with E-state index in [1.165, 1.54) is 11.3 Å². The number of hydrogen-bond donors (Lipinski definition) is 1. The molecule has 140 valence electrons. The highest BCUT2D eigenvalue weighted by Gasteiger charge is 2.13. The normalized spacial score (nSPS) is 13.5. The van der Waals surface area contributed by atoms with Crippen LogP contribution < -0.4 is 15.2 Å². The molecule has 0 atom stereocenters. The number of aromatic hydroxyl groups is 1. The molecule has 1 aromatic heterocycles. The summed E-state index contributed by atoms with van der Waals surface area (Å²) >= 11 is 1.45. The Kier molecular flexibility index (Phi) is 4.42. The second-order valence-electron chi connectivity index (χ2n) is 6.60. The van der Waals surface area contributed by atoms with E-state index in [9.17, 15) is 5.11 Å². The third kappa shape index (κ3) is 3.44. The lowest BCUT2D eigenvalue weighted by Gasteiger charge is -2.04. The van der Waals surface area contributed by atoms with Crippen molar-refractivity contribution >= 4 is 41.1 Å². The van der Waals surface area contributed by atoms with E-state index in [-0.39, 0.29) is 5.88 Å². The summed E-state index contributed by atoms with van der Waals surface area (Å²) in [4.78, 5) is 10.6. The Labute approximate surface area is 171 Å². The second-order valence-corrected chi connectivity index (χ2v) is 7.61. The Hall–Kier alpha value is -3.70. The number of rotatable bonds is 3. The van der Waals surface area contributed by atoms with Crippen LogP contribution in [-0.2, 0) is 0 Å². The Bertz CT molecular complexity index is 1400. The molecule has 0 spiro atoms. The number of aromatic nitrogens is 1. The number of fused-ring (bicyclic) bond motifs is 1. The van der Waals surface area contributed by atoms with Gasteiger partial charge in [0.15, 0.2) is 4.80 Å². The molecule has 0 radical (unpaired) electrons. The average molecular weight is 395 g/mol. The van der Waals surface area contributed by atoms with E-state index < -0.39 is 0 Å². The highest BCUT2D eigenvalue weighted by Crippen LogP contribution is 2.25. The van der Waals surface area contributed by atoms with E-state index in [1.54, 1.807) is 10.8 Å². The van der Waals surface area contributed by atoms with Crippen LogP contribution in [0, 0.1) is 0 Å². The number of para-hydroxylation sites is 2. The van der Waals surface area contributed by atoms with Gasteiger partial charge >= 0.3 is 0 Å². The third-order valence-electron chi connectivity index (χ3n) is 4.64. The van der Waals surface area contributed by atoms with Crippen LogP contribution in [-0.4, -0.2) is 15.9 Å². The summed E-state index contributed by atoms with van der Waals surface area (Å²) in [6.07, 6.45) is 5.76. The number of benzene rings is 3. The third-order valence-corrected chi connectivity index (χ3v) is 5.62. The molecule has 3 aromatic carbocycles. The molecule has 1 aliphatic heterocycles. The number of aliphatic imine (C=N–C) groups is 1. The fraction of sp³-hybridized carbons (Fsp3) is 0. The van der Waals surface area contributed by atoms with Gasteiger partial charge in [-0.2, -0.15) is 0 Å². The van der Waals surface area contributed by atoms with Crippen LogP contribution in [0.4, 0.5) is 11.4 Å². The second kappa shape index (κ2) is 7.37. The molecular formula is C24H17N3OS. The van der Waals surface area contributed by atoms with Crippen molar-refractivity contribution in [3.8, 4) is 11.6 Å². The first kappa shape index (κ1) is 17.4. The molecule has 0 bridgehead atoms. The smallest absolute Gasteiger partial charge is 0.215 e. The Morgan fingerprint density at radius 1 is 0.931 bits per heavy atom. The lowest BCUT2D eigenvalue weighted by molar-refractivity contribution is 0.439. The van der Waals surface area contributed by atoms with Gasteiger partial charge in [-0.05, 0) is 47.7 Å². The van der Waals surface area contributed by atoms with Crippen LogP contribution in [0.3, 0.4) is 0 Å². The van der Waals surface area contributed by atoms with Crippen molar-refractivity contribution in [1.82, 2.24) is 4.57 Å². The van der Waals surface area contributed by atoms with Crippen LogP contribution >= 0.6 is 11.3 Å². The summed E-state index contributed by atoms with van der Waals surface area (Å²) in [5.41, 5.74) is 2.65. The fourth-order valence-corrected chi connectivity index (χ4v) is 4.24. The van der Waals surface area contributed by atoms with Gasteiger partial charge in [0.05, 0.1) is 21.9 Å². The topological polar surface area (TPSA) is 49.9 Å². The number of thiazole rings is 1. The van der Waals surface area contributed by atoms with Crippen molar-refractivity contribution in [1.29, 1.82) is 0 Å². The lowest BCUT2D eigenvalue weighted by Crippen LogP contribution is -2.11. The summed E-state index contributed by atoms with van der Waals surface area (Å²) in [5.74, 6) is 0.173. The molecule has 0 saturated carbocycles. The molecule has 29 heavy (non-hydrogen) atoms. The largest absolute Gasteiger partial charge is 0.493 e. The van der Waals surface area contributed by atoms with Crippen molar-refractivity contribution in [3.05, 3.63) is 99.0 Å². The van der Waals surface area contributed by atoms with Crippen LogP contribution in [0.2, 0.25) is 0 Å². The van der Waals surface area contributed by atoms with Crippen molar-refractivity contribution in [2.45, 2.75) is 0 Å². The average Bonchev–Trinajstić information content (AvgIpc) is 3.34. The standard InChI is InChI=1S/C24H17N3OS/c28-23-22(16-17-11-12-18-13-14-25-21(18)15-17)29-24(26-19-7-3-1-4-8-19)27(23)20-9-5-2-6-10-20/h1-16,28H. The van der Waals surface area contributed by atoms with Crippen LogP contribution in [0.15, 0.2) is 88.8 Å². The molecule has 1 aliphatic rings. The molecule has 0 fully saturated rings. The van der Waals surface area contributed by atoms with E-state index in [2.05, 4.69) is 4.99 Å². The number of hydrogen-bond acceptors (Lipinski definition) is 4. The minimum absolute atomic E-state index is 0.173. The van der Waals surface area contributed by atoms with E-state index in [4.69, 9.17) is 4.99 Å². The van der Waals surface area contributed by atoms with Crippen molar-refractivity contribution in [2.24, 2.45) is 9.98 Å². The first-order chi connectivity index (χ1) is 14.3. The molecule has 5 heteroatoms. The molecule has 1 N–H and O–H groups in total.